The van der Waals surface area contributed by atoms with Gasteiger partial charge in [-0.1, -0.05) is 0 Å². The molecule has 5 rings (SSSR count). The summed E-state index contributed by atoms with van der Waals surface area (Å²) in [5, 5.41) is 6.85. The number of nitrogens with two attached hydrogens (primary N) is 1. The second-order valence-electron chi connectivity index (χ2n) is 7.14. The van der Waals surface area contributed by atoms with Gasteiger partial charge in [0.1, 0.15) is 12.2 Å². The van der Waals surface area contributed by atoms with Gasteiger partial charge in [-0.15, -0.1) is 0 Å². The zero-order valence-electron chi connectivity index (χ0n) is 11.5. The average molecular weight is 260 g/mol. The van der Waals surface area contributed by atoms with E-state index in [-0.39, 0.29) is 0 Å². The molecule has 0 aliphatic heterocycles. The van der Waals surface area contributed by atoms with Crippen LogP contribution in [0.3, 0.4) is 0 Å². The molecule has 0 amide bonds. The molecule has 1 heterocycles. The van der Waals surface area contributed by atoms with Crippen molar-refractivity contribution < 1.29 is 0 Å². The monoisotopic (exact) mass is 260 g/mol. The van der Waals surface area contributed by atoms with E-state index >= 15 is 0 Å². The zero-order valence-corrected chi connectivity index (χ0v) is 11.5. The molecule has 4 nitrogen and oxygen atoms in total. The van der Waals surface area contributed by atoms with E-state index in [2.05, 4.69) is 15.2 Å². The number of H-pyrrole nitrogens is 1. The first-order valence-electron chi connectivity index (χ1n) is 7.89. The van der Waals surface area contributed by atoms with E-state index in [9.17, 15) is 0 Å². The molecule has 0 aromatic carbocycles. The van der Waals surface area contributed by atoms with Crippen molar-refractivity contribution in [2.45, 2.75) is 51.0 Å². The summed E-state index contributed by atoms with van der Waals surface area (Å²) in [6.07, 6.45) is 11.0. The molecule has 4 aliphatic rings. The number of nitrogens with one attached hydrogen (secondary N) is 1. The van der Waals surface area contributed by atoms with Crippen LogP contribution < -0.4 is 5.73 Å². The van der Waals surface area contributed by atoms with E-state index in [0.717, 1.165) is 48.3 Å². The minimum Gasteiger partial charge on any atom is -0.327 e. The Morgan fingerprint density at radius 2 is 1.84 bits per heavy atom. The highest BCUT2D eigenvalue weighted by atomic mass is 15.2. The van der Waals surface area contributed by atoms with E-state index in [1.165, 1.54) is 32.1 Å². The first-order chi connectivity index (χ1) is 9.29. The van der Waals surface area contributed by atoms with Crippen LogP contribution in [0.4, 0.5) is 0 Å². The molecular formula is C15H24N4. The zero-order chi connectivity index (χ0) is 12.8. The number of aromatic nitrogens is 3. The summed E-state index contributed by atoms with van der Waals surface area (Å²) < 4.78 is 0. The second-order valence-corrected chi connectivity index (χ2v) is 7.14. The highest BCUT2D eigenvalue weighted by molar-refractivity contribution is 5.01. The molecule has 1 unspecified atom stereocenters. The lowest BCUT2D eigenvalue weighted by Gasteiger charge is -2.56. The number of aryl methyl sites for hydroxylation is 1. The van der Waals surface area contributed by atoms with Gasteiger partial charge in [-0.25, -0.2) is 4.98 Å². The number of hydrogen-bond acceptors (Lipinski definition) is 3. The summed E-state index contributed by atoms with van der Waals surface area (Å²) in [4.78, 5) is 4.20. The van der Waals surface area contributed by atoms with Crippen molar-refractivity contribution in [2.75, 3.05) is 0 Å². The first kappa shape index (κ1) is 11.9. The molecule has 4 saturated carbocycles. The van der Waals surface area contributed by atoms with Gasteiger partial charge >= 0.3 is 0 Å². The van der Waals surface area contributed by atoms with Gasteiger partial charge in [0.25, 0.3) is 0 Å². The van der Waals surface area contributed by atoms with E-state index in [1.807, 2.05) is 0 Å². The minimum absolute atomic E-state index is 0.361. The molecule has 0 spiro atoms. The lowest BCUT2D eigenvalue weighted by atomic mass is 9.50. The molecule has 4 bridgehead atoms. The maximum absolute atomic E-state index is 6.55. The molecule has 0 radical (unpaired) electrons. The Morgan fingerprint density at radius 3 is 2.42 bits per heavy atom. The minimum atomic E-state index is 0.361. The molecule has 4 fully saturated rings. The van der Waals surface area contributed by atoms with Crippen LogP contribution in [0.2, 0.25) is 0 Å². The highest BCUT2D eigenvalue weighted by Gasteiger charge is 2.49. The summed E-state index contributed by atoms with van der Waals surface area (Å²) in [6.45, 7) is 0. The van der Waals surface area contributed by atoms with Gasteiger partial charge in [-0.3, -0.25) is 5.10 Å². The van der Waals surface area contributed by atoms with E-state index < -0.39 is 0 Å². The van der Waals surface area contributed by atoms with E-state index in [0.29, 0.717) is 6.04 Å². The van der Waals surface area contributed by atoms with Crippen molar-refractivity contribution >= 4 is 0 Å². The quantitative estimate of drug-likeness (QED) is 0.871. The number of aromatic amines is 1. The van der Waals surface area contributed by atoms with Crippen molar-refractivity contribution in [3.63, 3.8) is 0 Å². The second kappa shape index (κ2) is 4.58. The summed E-state index contributed by atoms with van der Waals surface area (Å²) in [6, 6.07) is 0.361. The summed E-state index contributed by atoms with van der Waals surface area (Å²) in [5.41, 5.74) is 6.55. The summed E-state index contributed by atoms with van der Waals surface area (Å²) in [7, 11) is 0. The van der Waals surface area contributed by atoms with Crippen LogP contribution in [-0.2, 0) is 6.42 Å². The Balaban J connectivity index is 1.41. The summed E-state index contributed by atoms with van der Waals surface area (Å²) >= 11 is 0. The smallest absolute Gasteiger partial charge is 0.137 e. The van der Waals surface area contributed by atoms with Crippen molar-refractivity contribution in [1.29, 1.82) is 0 Å². The number of hydrogen-bond donors (Lipinski definition) is 2. The normalized spacial score (nSPS) is 41.6. The highest BCUT2D eigenvalue weighted by Crippen LogP contribution is 2.57. The fraction of sp³-hybridized carbons (Fsp3) is 0.867. The first-order valence-corrected chi connectivity index (χ1v) is 7.89. The fourth-order valence-electron chi connectivity index (χ4n) is 5.51. The maximum Gasteiger partial charge on any atom is 0.137 e. The Morgan fingerprint density at radius 1 is 1.16 bits per heavy atom. The van der Waals surface area contributed by atoms with Crippen LogP contribution in [0, 0.1) is 29.6 Å². The topological polar surface area (TPSA) is 67.6 Å². The molecule has 4 aliphatic carbocycles. The van der Waals surface area contributed by atoms with Gasteiger partial charge < -0.3 is 5.73 Å². The SMILES string of the molecule is NC(CCc1ncn[nH]1)C1C2CC3CC(C2)CC1C3. The third-order valence-electron chi connectivity index (χ3n) is 5.97. The molecule has 0 saturated heterocycles. The third-order valence-corrected chi connectivity index (χ3v) is 5.97. The van der Waals surface area contributed by atoms with Gasteiger partial charge in [-0.05, 0) is 68.1 Å². The predicted molar refractivity (Wildman–Crippen MR) is 73.2 cm³/mol. The Hall–Kier alpha value is -0.900. The molecule has 1 aromatic heterocycles. The molecule has 1 atom stereocenters. The van der Waals surface area contributed by atoms with Crippen LogP contribution in [0.5, 0.6) is 0 Å². The predicted octanol–water partition coefficient (Wildman–Crippen LogP) is 2.14. The maximum atomic E-state index is 6.55. The number of rotatable bonds is 4. The summed E-state index contributed by atoms with van der Waals surface area (Å²) in [5.74, 6) is 5.72. The largest absolute Gasteiger partial charge is 0.327 e. The third kappa shape index (κ3) is 2.10. The lowest BCUT2D eigenvalue weighted by molar-refractivity contribution is -0.0475. The van der Waals surface area contributed by atoms with Gasteiger partial charge in [-0.2, -0.15) is 5.10 Å². The van der Waals surface area contributed by atoms with Gasteiger partial charge in [0, 0.05) is 12.5 Å². The molecular weight excluding hydrogens is 236 g/mol. The van der Waals surface area contributed by atoms with Gasteiger partial charge in [0.05, 0.1) is 0 Å². The lowest BCUT2D eigenvalue weighted by Crippen LogP contribution is -2.51. The van der Waals surface area contributed by atoms with Crippen LogP contribution in [-0.4, -0.2) is 21.2 Å². The number of nitrogens with zero attached hydrogens (tertiary/aromatic N) is 2. The van der Waals surface area contributed by atoms with Crippen LogP contribution in [0.1, 0.15) is 44.3 Å². The molecule has 4 heteroatoms. The van der Waals surface area contributed by atoms with Gasteiger partial charge in [0.2, 0.25) is 0 Å². The fourth-order valence-corrected chi connectivity index (χ4v) is 5.51. The molecule has 3 N–H and O–H groups in total. The van der Waals surface area contributed by atoms with Crippen molar-refractivity contribution in [3.05, 3.63) is 12.2 Å². The molecule has 19 heavy (non-hydrogen) atoms. The van der Waals surface area contributed by atoms with E-state index in [4.69, 9.17) is 5.73 Å². The van der Waals surface area contributed by atoms with Crippen LogP contribution >= 0.6 is 0 Å². The Bertz CT molecular complexity index is 399. The van der Waals surface area contributed by atoms with Crippen LogP contribution in [0.25, 0.3) is 0 Å². The Kier molecular flexibility index (Phi) is 2.87. The standard InChI is InChI=1S/C15H24N4/c16-13(1-2-14-17-8-18-19-14)15-11-4-9-3-10(6-11)7-12(15)5-9/h8-13,15H,1-7,16H2,(H,17,18,19). The van der Waals surface area contributed by atoms with Crippen molar-refractivity contribution in [3.8, 4) is 0 Å². The van der Waals surface area contributed by atoms with Crippen LogP contribution in [0.15, 0.2) is 6.33 Å². The van der Waals surface area contributed by atoms with E-state index in [1.54, 1.807) is 6.33 Å². The molecule has 104 valence electrons. The van der Waals surface area contributed by atoms with Crippen molar-refractivity contribution in [1.82, 2.24) is 15.2 Å². The Labute approximate surface area is 114 Å². The van der Waals surface area contributed by atoms with Gasteiger partial charge in [0.15, 0.2) is 0 Å². The van der Waals surface area contributed by atoms with Crippen molar-refractivity contribution in [2.24, 2.45) is 35.3 Å². The molecule has 1 aromatic rings. The average Bonchev–Trinajstić information content (AvgIpc) is 2.88.